The molecule has 2 aromatic carbocycles. The number of ether oxygens (including phenoxy) is 1. The Balaban J connectivity index is 1.99. The van der Waals surface area contributed by atoms with E-state index in [0.29, 0.717) is 0 Å². The molecule has 0 aromatic heterocycles. The van der Waals surface area contributed by atoms with Gasteiger partial charge in [0.25, 0.3) is 17.4 Å². The first-order valence-corrected chi connectivity index (χ1v) is 8.17. The number of carbonyl (C=O) groups is 3. The summed E-state index contributed by atoms with van der Waals surface area (Å²) in [5.74, 6) is -3.11. The van der Waals surface area contributed by atoms with E-state index in [1.54, 1.807) is 12.1 Å². The number of carbonyl (C=O) groups excluding carboxylic acids is 3. The first kappa shape index (κ1) is 19.6. The second kappa shape index (κ2) is 6.75. The maximum Gasteiger partial charge on any atom is 0.432 e. The monoisotopic (exact) mass is 393 g/mol. The van der Waals surface area contributed by atoms with Crippen molar-refractivity contribution in [3.05, 3.63) is 65.2 Å². The molecule has 0 spiro atoms. The van der Waals surface area contributed by atoms with E-state index >= 15 is 0 Å². The Hall–Kier alpha value is -3.20. The molecular weight excluding hydrogens is 379 g/mol. The zero-order valence-corrected chi connectivity index (χ0v) is 14.5. The van der Waals surface area contributed by atoms with Gasteiger partial charge in [0.1, 0.15) is 0 Å². The van der Waals surface area contributed by atoms with Crippen molar-refractivity contribution in [2.45, 2.75) is 18.7 Å². The third-order valence-electron chi connectivity index (χ3n) is 4.32. The van der Waals surface area contributed by atoms with Crippen molar-refractivity contribution in [3.63, 3.8) is 0 Å². The number of benzene rings is 2. The van der Waals surface area contributed by atoms with E-state index in [9.17, 15) is 32.7 Å². The molecule has 2 aromatic rings. The van der Waals surface area contributed by atoms with Crippen LogP contribution in [0.4, 0.5) is 18.9 Å². The van der Waals surface area contributed by atoms with Crippen LogP contribution in [0.1, 0.15) is 33.2 Å². The van der Waals surface area contributed by atoms with Crippen molar-refractivity contribution >= 4 is 23.5 Å². The zero-order valence-electron chi connectivity index (χ0n) is 14.5. The summed E-state index contributed by atoms with van der Waals surface area (Å²) in [5, 5.41) is 10.1. The number of esters is 1. The van der Waals surface area contributed by atoms with Crippen LogP contribution in [0.2, 0.25) is 0 Å². The first-order valence-electron chi connectivity index (χ1n) is 8.17. The number of rotatable bonds is 4. The summed E-state index contributed by atoms with van der Waals surface area (Å²) in [6, 6.07) is 9.84. The molecule has 0 radical (unpaired) electrons. The quantitative estimate of drug-likeness (QED) is 0.638. The fourth-order valence-electron chi connectivity index (χ4n) is 2.91. The molecule has 0 bridgehead atoms. The highest BCUT2D eigenvalue weighted by atomic mass is 19.4. The summed E-state index contributed by atoms with van der Waals surface area (Å²) in [4.78, 5) is 37.5. The number of fused-ring (bicyclic) bond motifs is 1. The largest absolute Gasteiger partial charge is 0.463 e. The smallest absolute Gasteiger partial charge is 0.432 e. The topological polar surface area (TPSA) is 83.9 Å². The predicted molar refractivity (Wildman–Crippen MR) is 90.6 cm³/mol. The Labute approximate surface area is 157 Å². The molecule has 1 heterocycles. The number of aliphatic hydroxyl groups is 1. The number of alkyl halides is 3. The zero-order chi connectivity index (χ0) is 20.7. The van der Waals surface area contributed by atoms with Crippen LogP contribution in [0, 0.1) is 0 Å². The SMILES string of the molecule is CCOC(=O)C(O)(c1ccc(N2C(=O)c3ccccc3C2=O)cc1)C(F)(F)F. The Morgan fingerprint density at radius 2 is 1.50 bits per heavy atom. The second-order valence-electron chi connectivity index (χ2n) is 5.97. The van der Waals surface area contributed by atoms with Gasteiger partial charge in [0.05, 0.1) is 23.4 Å². The van der Waals surface area contributed by atoms with Gasteiger partial charge in [-0.15, -0.1) is 0 Å². The van der Waals surface area contributed by atoms with Gasteiger partial charge in [-0.3, -0.25) is 9.59 Å². The molecular formula is C19H14F3NO5. The Morgan fingerprint density at radius 1 is 1.00 bits per heavy atom. The van der Waals surface area contributed by atoms with Crippen LogP contribution < -0.4 is 4.90 Å². The summed E-state index contributed by atoms with van der Waals surface area (Å²) in [6.07, 6.45) is -5.34. The van der Waals surface area contributed by atoms with Crippen molar-refractivity contribution in [2.24, 2.45) is 0 Å². The van der Waals surface area contributed by atoms with E-state index in [-0.39, 0.29) is 23.4 Å². The molecule has 3 rings (SSSR count). The molecule has 9 heteroatoms. The molecule has 1 N–H and O–H groups in total. The summed E-state index contributed by atoms with van der Waals surface area (Å²) in [5.41, 5.74) is -4.31. The van der Waals surface area contributed by atoms with Crippen LogP contribution in [0.25, 0.3) is 0 Å². The lowest BCUT2D eigenvalue weighted by Gasteiger charge is -2.28. The summed E-state index contributed by atoms with van der Waals surface area (Å²) in [6.45, 7) is 0.949. The molecule has 0 saturated carbocycles. The third-order valence-corrected chi connectivity index (χ3v) is 4.32. The maximum atomic E-state index is 13.4. The molecule has 146 valence electrons. The van der Waals surface area contributed by atoms with Gasteiger partial charge in [-0.1, -0.05) is 24.3 Å². The molecule has 1 aliphatic rings. The van der Waals surface area contributed by atoms with Gasteiger partial charge >= 0.3 is 12.1 Å². The van der Waals surface area contributed by atoms with Gasteiger partial charge in [-0.2, -0.15) is 13.2 Å². The highest BCUT2D eigenvalue weighted by Gasteiger charge is 2.62. The van der Waals surface area contributed by atoms with E-state index in [0.717, 1.165) is 29.2 Å². The highest BCUT2D eigenvalue weighted by Crippen LogP contribution is 2.41. The number of anilines is 1. The van der Waals surface area contributed by atoms with Crippen LogP contribution in [0.5, 0.6) is 0 Å². The molecule has 0 fully saturated rings. The van der Waals surface area contributed by atoms with Gasteiger partial charge in [0.15, 0.2) is 0 Å². The minimum atomic E-state index is -5.34. The van der Waals surface area contributed by atoms with E-state index in [1.165, 1.54) is 19.1 Å². The Bertz CT molecular complexity index is 920. The van der Waals surface area contributed by atoms with E-state index in [1.807, 2.05) is 0 Å². The van der Waals surface area contributed by atoms with E-state index < -0.39 is 35.1 Å². The Kier molecular flexibility index (Phi) is 4.72. The summed E-state index contributed by atoms with van der Waals surface area (Å²) in [7, 11) is 0. The van der Waals surface area contributed by atoms with Crippen LogP contribution in [-0.2, 0) is 15.1 Å². The van der Waals surface area contributed by atoms with Crippen LogP contribution in [0.3, 0.4) is 0 Å². The van der Waals surface area contributed by atoms with Gasteiger partial charge in [-0.25, -0.2) is 9.69 Å². The fraction of sp³-hybridized carbons (Fsp3) is 0.211. The minimum absolute atomic E-state index is 0.00309. The van der Waals surface area contributed by atoms with Gasteiger partial charge in [0.2, 0.25) is 0 Å². The van der Waals surface area contributed by atoms with Crippen LogP contribution in [-0.4, -0.2) is 35.7 Å². The van der Waals surface area contributed by atoms with E-state index in [2.05, 4.69) is 4.74 Å². The van der Waals surface area contributed by atoms with Crippen molar-refractivity contribution < 1.29 is 37.4 Å². The van der Waals surface area contributed by atoms with Crippen LogP contribution in [0.15, 0.2) is 48.5 Å². The van der Waals surface area contributed by atoms with Gasteiger partial charge in [-0.05, 0) is 31.2 Å². The maximum absolute atomic E-state index is 13.4. The molecule has 1 atom stereocenters. The van der Waals surface area contributed by atoms with Crippen molar-refractivity contribution in [1.29, 1.82) is 0 Å². The number of hydrogen-bond donors (Lipinski definition) is 1. The predicted octanol–water partition coefficient (Wildman–Crippen LogP) is 2.80. The van der Waals surface area contributed by atoms with Crippen molar-refractivity contribution in [3.8, 4) is 0 Å². The number of amides is 2. The molecule has 6 nitrogen and oxygen atoms in total. The summed E-state index contributed by atoms with van der Waals surface area (Å²) >= 11 is 0. The molecule has 1 unspecified atom stereocenters. The first-order chi connectivity index (χ1) is 13.1. The third kappa shape index (κ3) is 2.84. The van der Waals surface area contributed by atoms with E-state index in [4.69, 9.17) is 0 Å². The number of halogens is 3. The number of imide groups is 1. The molecule has 2 amide bonds. The standard InChI is InChI=1S/C19H14F3NO5/c1-2-28-17(26)18(27,19(20,21)22)11-7-9-12(10-8-11)23-15(24)13-5-3-4-6-14(13)16(23)25/h3-10,27H,2H2,1H3. The number of nitrogens with zero attached hydrogens (tertiary/aromatic N) is 1. The van der Waals surface area contributed by atoms with Crippen LogP contribution >= 0.6 is 0 Å². The Morgan fingerprint density at radius 3 is 1.93 bits per heavy atom. The number of hydrogen-bond acceptors (Lipinski definition) is 5. The van der Waals surface area contributed by atoms with Crippen molar-refractivity contribution in [1.82, 2.24) is 0 Å². The highest BCUT2D eigenvalue weighted by molar-refractivity contribution is 6.34. The molecule has 0 saturated heterocycles. The normalized spacial score (nSPS) is 16.0. The minimum Gasteiger partial charge on any atom is -0.463 e. The molecule has 1 aliphatic heterocycles. The van der Waals surface area contributed by atoms with Gasteiger partial charge in [0, 0.05) is 5.56 Å². The summed E-state index contributed by atoms with van der Waals surface area (Å²) < 4.78 is 44.6. The lowest BCUT2D eigenvalue weighted by Crippen LogP contribution is -2.50. The average molecular weight is 393 g/mol. The fourth-order valence-corrected chi connectivity index (χ4v) is 2.91. The lowest BCUT2D eigenvalue weighted by atomic mass is 9.93. The molecule has 28 heavy (non-hydrogen) atoms. The lowest BCUT2D eigenvalue weighted by molar-refractivity contribution is -0.267. The molecule has 0 aliphatic carbocycles. The second-order valence-corrected chi connectivity index (χ2v) is 5.97. The van der Waals surface area contributed by atoms with Crippen molar-refractivity contribution in [2.75, 3.05) is 11.5 Å². The average Bonchev–Trinajstić information content (AvgIpc) is 2.91. The van der Waals surface area contributed by atoms with Gasteiger partial charge < -0.3 is 9.84 Å².